The molecule has 1 aliphatic rings. The molecule has 0 fully saturated rings. The molecule has 28 heavy (non-hydrogen) atoms. The number of anilines is 2. The maximum absolute atomic E-state index is 13.1. The van der Waals surface area contributed by atoms with Gasteiger partial charge in [0.05, 0.1) is 18.5 Å². The lowest BCUT2D eigenvalue weighted by Crippen LogP contribution is -2.62. The summed E-state index contributed by atoms with van der Waals surface area (Å²) in [5.41, 5.74) is -1.24. The van der Waals surface area contributed by atoms with Crippen LogP contribution in [0.15, 0.2) is 46.9 Å². The molecule has 1 atom stereocenters. The molecule has 8 heteroatoms. The fourth-order valence-corrected chi connectivity index (χ4v) is 3.49. The fourth-order valence-electron chi connectivity index (χ4n) is 3.13. The average Bonchev–Trinajstić information content (AvgIpc) is 2.69. The third-order valence-corrected chi connectivity index (χ3v) is 5.06. The second-order valence-corrected chi connectivity index (χ2v) is 7.35. The molecule has 0 aliphatic carbocycles. The lowest BCUT2D eigenvalue weighted by atomic mass is 9.94. The zero-order chi connectivity index (χ0) is 20.3. The third-order valence-electron chi connectivity index (χ3n) is 4.57. The van der Waals surface area contributed by atoms with Crippen molar-refractivity contribution in [3.05, 3.63) is 52.5 Å². The predicted octanol–water partition coefficient (Wildman–Crippen LogP) is 3.57. The van der Waals surface area contributed by atoms with Crippen molar-refractivity contribution in [3.63, 3.8) is 0 Å². The molecule has 0 radical (unpaired) electrons. The molecule has 0 aromatic heterocycles. The Kier molecular flexibility index (Phi) is 5.90. The van der Waals surface area contributed by atoms with Crippen LogP contribution in [0.4, 0.5) is 16.2 Å². The normalized spacial score (nSPS) is 18.3. The minimum absolute atomic E-state index is 0.276. The number of hydrogen-bond donors (Lipinski definition) is 3. The second-order valence-electron chi connectivity index (χ2n) is 6.44. The molecule has 3 rings (SSSR count). The number of methoxy groups -OCH3 is 1. The molecule has 0 saturated heterocycles. The Labute approximate surface area is 171 Å². The van der Waals surface area contributed by atoms with Gasteiger partial charge in [0.15, 0.2) is 0 Å². The molecule has 7 nitrogen and oxygen atoms in total. The van der Waals surface area contributed by atoms with Gasteiger partial charge in [0.1, 0.15) is 5.75 Å². The van der Waals surface area contributed by atoms with Gasteiger partial charge in [-0.25, -0.2) is 4.79 Å². The number of hydrogen-bond acceptors (Lipinski definition) is 4. The standard InChI is InChI=1S/C20H22BrN3O4/c1-3-4-10-22-18(25)20(27)16-11-13(21)8-9-17(16)23-19(26)24(20)14-6-5-7-15(12-14)28-2/h5-9,11-12,27H,3-4,10H2,1-2H3,(H,22,25)(H,23,26)/t20-/m0/s1. The van der Waals surface area contributed by atoms with Crippen molar-refractivity contribution < 1.29 is 19.4 Å². The third kappa shape index (κ3) is 3.57. The molecular formula is C20H22BrN3O4. The summed E-state index contributed by atoms with van der Waals surface area (Å²) in [6, 6.07) is 11.0. The van der Waals surface area contributed by atoms with Gasteiger partial charge < -0.3 is 20.5 Å². The number of urea groups is 1. The van der Waals surface area contributed by atoms with E-state index >= 15 is 0 Å². The van der Waals surface area contributed by atoms with Crippen LogP contribution in [-0.4, -0.2) is 30.7 Å². The number of nitrogens with one attached hydrogen (secondary N) is 2. The molecule has 3 N–H and O–H groups in total. The minimum Gasteiger partial charge on any atom is -0.497 e. The zero-order valence-electron chi connectivity index (χ0n) is 15.7. The number of rotatable bonds is 6. The van der Waals surface area contributed by atoms with Crippen LogP contribution >= 0.6 is 15.9 Å². The number of carbonyl (C=O) groups excluding carboxylic acids is 2. The summed E-state index contributed by atoms with van der Waals surface area (Å²) in [5.74, 6) is -0.169. The Morgan fingerprint density at radius 3 is 2.82 bits per heavy atom. The first-order valence-corrected chi connectivity index (χ1v) is 9.77. The molecule has 0 unspecified atom stereocenters. The van der Waals surface area contributed by atoms with Gasteiger partial charge >= 0.3 is 6.03 Å². The van der Waals surface area contributed by atoms with Crippen LogP contribution < -0.4 is 20.3 Å². The highest BCUT2D eigenvalue weighted by Crippen LogP contribution is 2.41. The van der Waals surface area contributed by atoms with Gasteiger partial charge in [-0.15, -0.1) is 0 Å². The van der Waals surface area contributed by atoms with Gasteiger partial charge in [-0.05, 0) is 36.8 Å². The van der Waals surface area contributed by atoms with Gasteiger partial charge in [-0.1, -0.05) is 35.3 Å². The summed E-state index contributed by atoms with van der Waals surface area (Å²) >= 11 is 3.38. The Morgan fingerprint density at radius 2 is 2.11 bits per heavy atom. The van der Waals surface area contributed by atoms with Crippen LogP contribution in [0.1, 0.15) is 25.3 Å². The molecular weight excluding hydrogens is 426 g/mol. The number of amides is 3. The average molecular weight is 448 g/mol. The van der Waals surface area contributed by atoms with Crippen LogP contribution in [0.25, 0.3) is 0 Å². The van der Waals surface area contributed by atoms with E-state index < -0.39 is 17.7 Å². The van der Waals surface area contributed by atoms with Crippen LogP contribution in [0.2, 0.25) is 0 Å². The quantitative estimate of drug-likeness (QED) is 0.590. The van der Waals surface area contributed by atoms with Crippen molar-refractivity contribution in [2.75, 3.05) is 23.9 Å². The van der Waals surface area contributed by atoms with E-state index in [2.05, 4.69) is 26.6 Å². The Balaban J connectivity index is 2.15. The molecule has 0 bridgehead atoms. The Bertz CT molecular complexity index is 905. The smallest absolute Gasteiger partial charge is 0.329 e. The van der Waals surface area contributed by atoms with Crippen LogP contribution in [0, 0.1) is 0 Å². The second kappa shape index (κ2) is 8.20. The molecule has 3 amide bonds. The van der Waals surface area contributed by atoms with E-state index in [1.807, 2.05) is 6.92 Å². The summed E-state index contributed by atoms with van der Waals surface area (Å²) in [5, 5.41) is 17.1. The largest absolute Gasteiger partial charge is 0.497 e. The van der Waals surface area contributed by atoms with Crippen molar-refractivity contribution in [1.82, 2.24) is 5.32 Å². The van der Waals surface area contributed by atoms with Crippen molar-refractivity contribution >= 4 is 39.2 Å². The van der Waals surface area contributed by atoms with E-state index in [4.69, 9.17) is 4.74 Å². The van der Waals surface area contributed by atoms with Crippen molar-refractivity contribution in [3.8, 4) is 5.75 Å². The number of benzene rings is 2. The van der Waals surface area contributed by atoms with E-state index in [-0.39, 0.29) is 5.56 Å². The molecule has 0 spiro atoms. The minimum atomic E-state index is -2.22. The highest BCUT2D eigenvalue weighted by Gasteiger charge is 2.52. The first kappa shape index (κ1) is 20.2. The molecule has 148 valence electrons. The van der Waals surface area contributed by atoms with E-state index in [0.717, 1.165) is 17.7 Å². The summed E-state index contributed by atoms with van der Waals surface area (Å²) in [6.07, 6.45) is 1.65. The Morgan fingerprint density at radius 1 is 1.32 bits per heavy atom. The van der Waals surface area contributed by atoms with Crippen molar-refractivity contribution in [2.24, 2.45) is 0 Å². The van der Waals surface area contributed by atoms with Gasteiger partial charge in [-0.2, -0.15) is 0 Å². The number of halogens is 1. The Hall–Kier alpha value is -2.58. The lowest BCUT2D eigenvalue weighted by molar-refractivity contribution is -0.140. The molecule has 2 aromatic rings. The summed E-state index contributed by atoms with van der Waals surface area (Å²) < 4.78 is 5.90. The van der Waals surface area contributed by atoms with Crippen LogP contribution in [-0.2, 0) is 10.5 Å². The van der Waals surface area contributed by atoms with Crippen LogP contribution in [0.5, 0.6) is 5.75 Å². The van der Waals surface area contributed by atoms with E-state index in [9.17, 15) is 14.7 Å². The number of nitrogens with zero attached hydrogens (tertiary/aromatic N) is 1. The first-order chi connectivity index (χ1) is 13.4. The van der Waals surface area contributed by atoms with Crippen molar-refractivity contribution in [2.45, 2.75) is 25.5 Å². The number of unbranched alkanes of at least 4 members (excludes halogenated alkanes) is 1. The summed E-state index contributed by atoms with van der Waals surface area (Å²) in [6.45, 7) is 2.40. The number of ether oxygens (including phenoxy) is 1. The fraction of sp³-hybridized carbons (Fsp3) is 0.300. The molecule has 2 aromatic carbocycles. The summed E-state index contributed by atoms with van der Waals surface area (Å²) in [7, 11) is 1.51. The number of carbonyl (C=O) groups is 2. The van der Waals surface area contributed by atoms with Gasteiger partial charge in [0, 0.05) is 22.6 Å². The lowest BCUT2D eigenvalue weighted by Gasteiger charge is -2.42. The molecule has 1 aliphatic heterocycles. The number of aliphatic hydroxyl groups is 1. The highest BCUT2D eigenvalue weighted by molar-refractivity contribution is 9.10. The topological polar surface area (TPSA) is 90.9 Å². The highest BCUT2D eigenvalue weighted by atomic mass is 79.9. The molecule has 0 saturated carbocycles. The van der Waals surface area contributed by atoms with E-state index in [0.29, 0.717) is 28.1 Å². The van der Waals surface area contributed by atoms with Gasteiger partial charge in [0.25, 0.3) is 11.6 Å². The monoisotopic (exact) mass is 447 g/mol. The van der Waals surface area contributed by atoms with Crippen LogP contribution in [0.3, 0.4) is 0 Å². The molecule has 1 heterocycles. The SMILES string of the molecule is CCCCNC(=O)[C@@]1(O)c2cc(Br)ccc2NC(=O)N1c1cccc(OC)c1. The van der Waals surface area contributed by atoms with Crippen molar-refractivity contribution in [1.29, 1.82) is 0 Å². The van der Waals surface area contributed by atoms with Gasteiger partial charge in [-0.3, -0.25) is 9.69 Å². The maximum atomic E-state index is 13.1. The number of fused-ring (bicyclic) bond motifs is 1. The zero-order valence-corrected chi connectivity index (χ0v) is 17.2. The summed E-state index contributed by atoms with van der Waals surface area (Å²) in [4.78, 5) is 27.1. The maximum Gasteiger partial charge on any atom is 0.329 e. The predicted molar refractivity (Wildman–Crippen MR) is 110 cm³/mol. The van der Waals surface area contributed by atoms with E-state index in [1.165, 1.54) is 7.11 Å². The first-order valence-electron chi connectivity index (χ1n) is 8.97. The van der Waals surface area contributed by atoms with Gasteiger partial charge in [0.2, 0.25) is 0 Å². The van der Waals surface area contributed by atoms with E-state index in [1.54, 1.807) is 42.5 Å².